The van der Waals surface area contributed by atoms with Crippen molar-refractivity contribution < 1.29 is 4.74 Å². The van der Waals surface area contributed by atoms with E-state index in [-0.39, 0.29) is 0 Å². The predicted molar refractivity (Wildman–Crippen MR) is 75.8 cm³/mol. The molecule has 0 aliphatic carbocycles. The molecule has 0 radical (unpaired) electrons. The normalized spacial score (nSPS) is 12.9. The van der Waals surface area contributed by atoms with Gasteiger partial charge in [-0.05, 0) is 44.9 Å². The molecule has 0 bridgehead atoms. The van der Waals surface area contributed by atoms with Gasteiger partial charge in [-0.1, -0.05) is 13.8 Å². The summed E-state index contributed by atoms with van der Waals surface area (Å²) in [5.41, 5.74) is 0. The van der Waals surface area contributed by atoms with Crippen LogP contribution in [0.15, 0.2) is 12.1 Å². The lowest BCUT2D eigenvalue weighted by Crippen LogP contribution is -2.20. The third kappa shape index (κ3) is 5.66. The molecular weight excluding hydrogens is 230 g/mol. The molecule has 98 valence electrons. The molecule has 0 fully saturated rings. The van der Waals surface area contributed by atoms with Crippen LogP contribution in [0.5, 0.6) is 0 Å². The van der Waals surface area contributed by atoms with Gasteiger partial charge in [-0.3, -0.25) is 0 Å². The topological polar surface area (TPSA) is 21.3 Å². The summed E-state index contributed by atoms with van der Waals surface area (Å²) in [4.78, 5) is 2.91. The van der Waals surface area contributed by atoms with Crippen LogP contribution >= 0.6 is 11.3 Å². The van der Waals surface area contributed by atoms with Crippen LogP contribution in [-0.2, 0) is 11.2 Å². The maximum absolute atomic E-state index is 5.45. The molecule has 2 nitrogen and oxygen atoms in total. The Labute approximate surface area is 109 Å². The number of rotatable bonds is 9. The molecule has 1 rings (SSSR count). The summed E-state index contributed by atoms with van der Waals surface area (Å²) < 4.78 is 5.45. The lowest BCUT2D eigenvalue weighted by Gasteiger charge is -2.11. The molecule has 0 aromatic carbocycles. The minimum Gasteiger partial charge on any atom is -0.381 e. The van der Waals surface area contributed by atoms with Crippen LogP contribution in [0.3, 0.4) is 0 Å². The summed E-state index contributed by atoms with van der Waals surface area (Å²) in [6.45, 7) is 9.38. The van der Waals surface area contributed by atoms with Gasteiger partial charge in [0.15, 0.2) is 0 Å². The first-order valence-corrected chi connectivity index (χ1v) is 7.49. The van der Waals surface area contributed by atoms with E-state index in [0.717, 1.165) is 39.0 Å². The third-order valence-corrected chi connectivity index (χ3v) is 4.13. The Hall–Kier alpha value is -0.380. The van der Waals surface area contributed by atoms with E-state index in [4.69, 9.17) is 4.74 Å². The van der Waals surface area contributed by atoms with Crippen molar-refractivity contribution >= 4 is 11.3 Å². The van der Waals surface area contributed by atoms with Crippen LogP contribution in [0, 0.1) is 0 Å². The molecule has 1 unspecified atom stereocenters. The van der Waals surface area contributed by atoms with Crippen LogP contribution in [0.1, 0.15) is 49.4 Å². The van der Waals surface area contributed by atoms with E-state index in [1.807, 2.05) is 11.3 Å². The molecule has 1 N–H and O–H groups in total. The average molecular weight is 255 g/mol. The zero-order chi connectivity index (χ0) is 12.5. The molecule has 0 saturated carbocycles. The molecular formula is C14H25NOS. The van der Waals surface area contributed by atoms with Crippen molar-refractivity contribution in [3.05, 3.63) is 21.9 Å². The highest BCUT2D eigenvalue weighted by Crippen LogP contribution is 2.23. The second-order valence-corrected chi connectivity index (χ2v) is 5.50. The molecule has 3 heteroatoms. The van der Waals surface area contributed by atoms with Crippen LogP contribution in [0.4, 0.5) is 0 Å². The minimum absolute atomic E-state index is 0.464. The fraction of sp³-hybridized carbons (Fsp3) is 0.714. The lowest BCUT2D eigenvalue weighted by molar-refractivity contribution is 0.132. The van der Waals surface area contributed by atoms with E-state index in [1.54, 1.807) is 0 Å². The lowest BCUT2D eigenvalue weighted by atomic mass is 10.2. The fourth-order valence-electron chi connectivity index (χ4n) is 1.66. The maximum atomic E-state index is 5.45. The van der Waals surface area contributed by atoms with E-state index >= 15 is 0 Å². The zero-order valence-electron chi connectivity index (χ0n) is 11.3. The summed E-state index contributed by atoms with van der Waals surface area (Å²) in [6, 6.07) is 4.95. The summed E-state index contributed by atoms with van der Waals surface area (Å²) >= 11 is 1.92. The van der Waals surface area contributed by atoms with Crippen molar-refractivity contribution in [3.8, 4) is 0 Å². The standard InChI is InChI=1S/C14H25NOS/c1-4-10-16-11-6-9-15-12(3)14-8-7-13(5-2)17-14/h7-8,12,15H,4-6,9-11H2,1-3H3. The van der Waals surface area contributed by atoms with Crippen molar-refractivity contribution in [1.29, 1.82) is 0 Å². The van der Waals surface area contributed by atoms with Gasteiger partial charge in [0, 0.05) is 29.0 Å². The Morgan fingerprint density at radius 2 is 2.12 bits per heavy atom. The van der Waals surface area contributed by atoms with Gasteiger partial charge in [0.05, 0.1) is 0 Å². The van der Waals surface area contributed by atoms with E-state index in [2.05, 4.69) is 38.2 Å². The van der Waals surface area contributed by atoms with Crippen LogP contribution < -0.4 is 5.32 Å². The number of ether oxygens (including phenoxy) is 1. The predicted octanol–water partition coefficient (Wildman–Crippen LogP) is 3.78. The molecule has 0 amide bonds. The Kier molecular flexibility index (Phi) is 7.49. The van der Waals surface area contributed by atoms with Gasteiger partial charge in [-0.25, -0.2) is 0 Å². The highest BCUT2D eigenvalue weighted by atomic mass is 32.1. The highest BCUT2D eigenvalue weighted by Gasteiger charge is 2.06. The van der Waals surface area contributed by atoms with Gasteiger partial charge in [0.25, 0.3) is 0 Å². The Morgan fingerprint density at radius 1 is 1.29 bits per heavy atom. The van der Waals surface area contributed by atoms with E-state index < -0.39 is 0 Å². The third-order valence-electron chi connectivity index (χ3n) is 2.72. The van der Waals surface area contributed by atoms with E-state index in [0.29, 0.717) is 6.04 Å². The first-order valence-electron chi connectivity index (χ1n) is 6.67. The van der Waals surface area contributed by atoms with Gasteiger partial charge < -0.3 is 10.1 Å². The van der Waals surface area contributed by atoms with E-state index in [9.17, 15) is 0 Å². The van der Waals surface area contributed by atoms with Crippen molar-refractivity contribution in [2.75, 3.05) is 19.8 Å². The van der Waals surface area contributed by atoms with Gasteiger partial charge in [-0.15, -0.1) is 11.3 Å². The molecule has 0 spiro atoms. The Balaban J connectivity index is 2.14. The average Bonchev–Trinajstić information content (AvgIpc) is 2.82. The van der Waals surface area contributed by atoms with Crippen molar-refractivity contribution in [1.82, 2.24) is 5.32 Å². The van der Waals surface area contributed by atoms with E-state index in [1.165, 1.54) is 9.75 Å². The molecule has 0 aliphatic rings. The zero-order valence-corrected chi connectivity index (χ0v) is 12.1. The molecule has 1 aromatic heterocycles. The van der Waals surface area contributed by atoms with Crippen LogP contribution in [0.25, 0.3) is 0 Å². The molecule has 0 saturated heterocycles. The number of thiophene rings is 1. The Bertz CT molecular complexity index is 298. The molecule has 0 aliphatic heterocycles. The Morgan fingerprint density at radius 3 is 2.76 bits per heavy atom. The van der Waals surface area contributed by atoms with Gasteiger partial charge >= 0.3 is 0 Å². The van der Waals surface area contributed by atoms with Gasteiger partial charge in [0.1, 0.15) is 0 Å². The number of aryl methyl sites for hydroxylation is 1. The molecule has 1 heterocycles. The summed E-state index contributed by atoms with van der Waals surface area (Å²) in [5, 5.41) is 3.54. The fourth-order valence-corrected chi connectivity index (χ4v) is 2.64. The van der Waals surface area contributed by atoms with Gasteiger partial charge in [-0.2, -0.15) is 0 Å². The van der Waals surface area contributed by atoms with Gasteiger partial charge in [0.2, 0.25) is 0 Å². The SMILES string of the molecule is CCCOCCCNC(C)c1ccc(CC)s1. The smallest absolute Gasteiger partial charge is 0.0478 e. The molecule has 1 aromatic rings. The second-order valence-electron chi connectivity index (χ2n) is 4.30. The van der Waals surface area contributed by atoms with Crippen molar-refractivity contribution in [2.45, 2.75) is 46.1 Å². The first-order chi connectivity index (χ1) is 8.27. The quantitative estimate of drug-likeness (QED) is 0.678. The van der Waals surface area contributed by atoms with Crippen LogP contribution in [0.2, 0.25) is 0 Å². The number of hydrogen-bond acceptors (Lipinski definition) is 3. The maximum Gasteiger partial charge on any atom is 0.0478 e. The largest absolute Gasteiger partial charge is 0.381 e. The first kappa shape index (κ1) is 14.7. The van der Waals surface area contributed by atoms with Crippen LogP contribution in [-0.4, -0.2) is 19.8 Å². The summed E-state index contributed by atoms with van der Waals surface area (Å²) in [6.07, 6.45) is 3.34. The molecule has 1 atom stereocenters. The number of hydrogen-bond donors (Lipinski definition) is 1. The minimum atomic E-state index is 0.464. The number of nitrogens with one attached hydrogen (secondary N) is 1. The molecule has 17 heavy (non-hydrogen) atoms. The monoisotopic (exact) mass is 255 g/mol. The van der Waals surface area contributed by atoms with Crippen molar-refractivity contribution in [3.63, 3.8) is 0 Å². The highest BCUT2D eigenvalue weighted by molar-refractivity contribution is 7.12. The van der Waals surface area contributed by atoms with Crippen molar-refractivity contribution in [2.24, 2.45) is 0 Å². The second kappa shape index (κ2) is 8.67. The summed E-state index contributed by atoms with van der Waals surface area (Å²) in [5.74, 6) is 0. The summed E-state index contributed by atoms with van der Waals surface area (Å²) in [7, 11) is 0.